The van der Waals surface area contributed by atoms with Crippen LogP contribution in [-0.4, -0.2) is 46.4 Å². The van der Waals surface area contributed by atoms with E-state index in [1.54, 1.807) is 30.0 Å². The van der Waals surface area contributed by atoms with E-state index in [0.717, 1.165) is 12.8 Å². The van der Waals surface area contributed by atoms with Gasteiger partial charge < -0.3 is 9.64 Å². The first-order valence-corrected chi connectivity index (χ1v) is 8.66. The topological polar surface area (TPSA) is 95.9 Å². The number of fused-ring (bicyclic) bond motifs is 1. The van der Waals surface area contributed by atoms with Crippen molar-refractivity contribution >= 4 is 23.7 Å². The Bertz CT molecular complexity index is 773. The van der Waals surface area contributed by atoms with Gasteiger partial charge in [0.15, 0.2) is 5.78 Å². The van der Waals surface area contributed by atoms with E-state index in [4.69, 9.17) is 9.94 Å². The van der Waals surface area contributed by atoms with E-state index in [0.29, 0.717) is 36.4 Å². The van der Waals surface area contributed by atoms with Gasteiger partial charge in [0.25, 0.3) is 5.91 Å². The molecular weight excluding hydrogens is 336 g/mol. The molecule has 2 N–H and O–H groups in total. The number of hydrogen-bond acceptors (Lipinski definition) is 5. The van der Waals surface area contributed by atoms with Crippen molar-refractivity contribution in [3.8, 4) is 5.75 Å². The second kappa shape index (κ2) is 7.29. The molecule has 1 atom stereocenters. The maximum absolute atomic E-state index is 12.7. The number of nitrogens with zero attached hydrogens (tertiary/aromatic N) is 1. The first-order chi connectivity index (χ1) is 12.4. The third-order valence-corrected chi connectivity index (χ3v) is 4.99. The molecule has 2 amide bonds. The molecule has 1 aromatic carbocycles. The second-order valence-electron chi connectivity index (χ2n) is 6.81. The summed E-state index contributed by atoms with van der Waals surface area (Å²) in [4.78, 5) is 37.2. The molecule has 0 saturated carbocycles. The minimum atomic E-state index is -0.641. The number of carbonyl (C=O) groups is 3. The summed E-state index contributed by atoms with van der Waals surface area (Å²) < 4.78 is 6.24. The average Bonchev–Trinajstić information content (AvgIpc) is 2.82. The molecule has 1 saturated heterocycles. The minimum absolute atomic E-state index is 0.00406. The number of Topliss-reactive ketones (excluding diaryl/α,β-unsaturated/α-hetero) is 1. The van der Waals surface area contributed by atoms with Crippen LogP contribution in [0.1, 0.15) is 48.5 Å². The summed E-state index contributed by atoms with van der Waals surface area (Å²) in [5, 5.41) is 8.51. The van der Waals surface area contributed by atoms with E-state index < -0.39 is 11.5 Å². The highest BCUT2D eigenvalue weighted by Gasteiger charge is 2.41. The summed E-state index contributed by atoms with van der Waals surface area (Å²) >= 11 is 0. The highest BCUT2D eigenvalue weighted by molar-refractivity contribution is 6.01. The molecule has 138 valence electrons. The maximum Gasteiger partial charge on any atom is 0.267 e. The van der Waals surface area contributed by atoms with Crippen molar-refractivity contribution in [2.75, 3.05) is 13.1 Å². The quantitative estimate of drug-likeness (QED) is 0.478. The molecule has 1 aromatic rings. The number of likely N-dealkylation sites (tertiary alicyclic amines) is 1. The lowest BCUT2D eigenvalue weighted by Crippen LogP contribution is -2.43. The Balaban J connectivity index is 1.80. The fraction of sp³-hybridized carbons (Fsp3) is 0.421. The van der Waals surface area contributed by atoms with Crippen molar-refractivity contribution in [3.63, 3.8) is 0 Å². The van der Waals surface area contributed by atoms with E-state index in [-0.39, 0.29) is 18.1 Å². The molecular formula is C19H22N2O5. The SMILES string of the molecule is CC(=O)N1CCCC2(CC1)CC(=O)c1cc(C=CC(=O)NO)ccc1O2. The number of hydrogen-bond donors (Lipinski definition) is 2. The van der Waals surface area contributed by atoms with Gasteiger partial charge in [-0.2, -0.15) is 0 Å². The molecule has 1 spiro atoms. The van der Waals surface area contributed by atoms with Gasteiger partial charge in [0.2, 0.25) is 5.91 Å². The number of nitrogens with one attached hydrogen (secondary N) is 1. The van der Waals surface area contributed by atoms with Crippen LogP contribution in [0.3, 0.4) is 0 Å². The number of benzene rings is 1. The molecule has 7 heteroatoms. The van der Waals surface area contributed by atoms with Crippen LogP contribution in [0, 0.1) is 0 Å². The molecule has 0 bridgehead atoms. The molecule has 1 fully saturated rings. The normalized spacial score (nSPS) is 22.7. The van der Waals surface area contributed by atoms with Gasteiger partial charge in [0.05, 0.1) is 12.0 Å². The van der Waals surface area contributed by atoms with Crippen molar-refractivity contribution in [3.05, 3.63) is 35.4 Å². The third kappa shape index (κ3) is 3.77. The zero-order valence-electron chi connectivity index (χ0n) is 14.7. The standard InChI is InChI=1S/C19H22N2O5/c1-13(22)21-9-2-7-19(8-10-21)12-16(23)15-11-14(3-5-17(15)26-19)4-6-18(24)20-25/h3-6,11,25H,2,7-10,12H2,1H3,(H,20,24). The average molecular weight is 358 g/mol. The van der Waals surface area contributed by atoms with Crippen LogP contribution < -0.4 is 10.2 Å². The van der Waals surface area contributed by atoms with Crippen LogP contribution >= 0.6 is 0 Å². The fourth-order valence-electron chi connectivity index (χ4n) is 3.59. The van der Waals surface area contributed by atoms with Gasteiger partial charge in [-0.15, -0.1) is 0 Å². The van der Waals surface area contributed by atoms with Crippen molar-refractivity contribution in [2.24, 2.45) is 0 Å². The van der Waals surface area contributed by atoms with Crippen molar-refractivity contribution in [1.82, 2.24) is 10.4 Å². The molecule has 26 heavy (non-hydrogen) atoms. The van der Waals surface area contributed by atoms with Gasteiger partial charge in [-0.25, -0.2) is 5.48 Å². The summed E-state index contributed by atoms with van der Waals surface area (Å²) in [7, 11) is 0. The van der Waals surface area contributed by atoms with Gasteiger partial charge in [0.1, 0.15) is 11.4 Å². The van der Waals surface area contributed by atoms with Crippen LogP contribution in [-0.2, 0) is 9.59 Å². The molecule has 0 aliphatic carbocycles. The van der Waals surface area contributed by atoms with Crippen LogP contribution in [0.25, 0.3) is 6.08 Å². The zero-order valence-corrected chi connectivity index (χ0v) is 14.7. The number of ether oxygens (including phenoxy) is 1. The lowest BCUT2D eigenvalue weighted by Gasteiger charge is -2.37. The Hall–Kier alpha value is -2.67. The Morgan fingerprint density at radius 2 is 2.12 bits per heavy atom. The number of ketones is 1. The molecule has 2 heterocycles. The van der Waals surface area contributed by atoms with Crippen LogP contribution in [0.2, 0.25) is 0 Å². The summed E-state index contributed by atoms with van der Waals surface area (Å²) in [6.07, 6.45) is 5.16. The first kappa shape index (κ1) is 18.1. The maximum atomic E-state index is 12.7. The Kier molecular flexibility index (Phi) is 5.08. The smallest absolute Gasteiger partial charge is 0.267 e. The molecule has 0 radical (unpaired) electrons. The van der Waals surface area contributed by atoms with Gasteiger partial charge in [-0.3, -0.25) is 19.6 Å². The number of rotatable bonds is 2. The first-order valence-electron chi connectivity index (χ1n) is 8.66. The zero-order chi connectivity index (χ0) is 18.7. The molecule has 2 aliphatic heterocycles. The lowest BCUT2D eigenvalue weighted by molar-refractivity contribution is -0.129. The predicted octanol–water partition coefficient (Wildman–Crippen LogP) is 1.94. The van der Waals surface area contributed by atoms with Crippen LogP contribution in [0.5, 0.6) is 5.75 Å². The van der Waals surface area contributed by atoms with E-state index >= 15 is 0 Å². The van der Waals surface area contributed by atoms with Crippen molar-refractivity contribution < 1.29 is 24.3 Å². The molecule has 3 rings (SSSR count). The predicted molar refractivity (Wildman–Crippen MR) is 93.8 cm³/mol. The summed E-state index contributed by atoms with van der Waals surface area (Å²) in [6.45, 7) is 2.85. The largest absolute Gasteiger partial charge is 0.486 e. The number of hydroxylamine groups is 1. The molecule has 7 nitrogen and oxygen atoms in total. The van der Waals surface area contributed by atoms with E-state index in [1.165, 1.54) is 17.6 Å². The summed E-state index contributed by atoms with van der Waals surface area (Å²) in [5.74, 6) is -0.0451. The highest BCUT2D eigenvalue weighted by atomic mass is 16.5. The lowest BCUT2D eigenvalue weighted by atomic mass is 9.84. The van der Waals surface area contributed by atoms with Gasteiger partial charge in [0, 0.05) is 32.5 Å². The Morgan fingerprint density at radius 1 is 1.31 bits per heavy atom. The Labute approximate surface area is 151 Å². The monoisotopic (exact) mass is 358 g/mol. The third-order valence-electron chi connectivity index (χ3n) is 4.99. The minimum Gasteiger partial charge on any atom is -0.486 e. The van der Waals surface area contributed by atoms with Crippen LogP contribution in [0.15, 0.2) is 24.3 Å². The molecule has 1 unspecified atom stereocenters. The van der Waals surface area contributed by atoms with Gasteiger partial charge >= 0.3 is 0 Å². The molecule has 0 aromatic heterocycles. The fourth-order valence-corrected chi connectivity index (χ4v) is 3.59. The highest BCUT2D eigenvalue weighted by Crippen LogP contribution is 2.39. The van der Waals surface area contributed by atoms with Crippen LogP contribution in [0.4, 0.5) is 0 Å². The van der Waals surface area contributed by atoms with Gasteiger partial charge in [-0.05, 0) is 36.6 Å². The van der Waals surface area contributed by atoms with E-state index in [9.17, 15) is 14.4 Å². The van der Waals surface area contributed by atoms with Gasteiger partial charge in [-0.1, -0.05) is 6.07 Å². The summed E-state index contributed by atoms with van der Waals surface area (Å²) in [5.41, 5.74) is 2.13. The number of carbonyl (C=O) groups excluding carboxylic acids is 3. The number of amides is 2. The van der Waals surface area contributed by atoms with Crippen molar-refractivity contribution in [1.29, 1.82) is 0 Å². The van der Waals surface area contributed by atoms with E-state index in [1.807, 2.05) is 0 Å². The molecule has 2 aliphatic rings. The van der Waals surface area contributed by atoms with Crippen molar-refractivity contribution in [2.45, 2.75) is 38.2 Å². The van der Waals surface area contributed by atoms with E-state index in [2.05, 4.69) is 0 Å². The Morgan fingerprint density at radius 3 is 2.85 bits per heavy atom. The summed E-state index contributed by atoms with van der Waals surface area (Å²) in [6, 6.07) is 5.17. The second-order valence-corrected chi connectivity index (χ2v) is 6.81.